The molecular formula is C18H29N3O2. The van der Waals surface area contributed by atoms with Crippen LogP contribution in [0.4, 0.5) is 0 Å². The Hall–Kier alpha value is -1.43. The highest BCUT2D eigenvalue weighted by molar-refractivity contribution is 5.78. The molecule has 0 aliphatic carbocycles. The number of benzene rings is 1. The standard InChI is InChI=1S/C18H29N3O2/c1-3-16-4-6-17(7-5-16)14-19(2)18(23)15-21-10-8-20(9-11-21)12-13-22/h4-7,22H,3,8-15H2,1-2H3. The Kier molecular flexibility index (Phi) is 7.02. The smallest absolute Gasteiger partial charge is 0.236 e. The first-order chi connectivity index (χ1) is 11.1. The topological polar surface area (TPSA) is 47.0 Å². The summed E-state index contributed by atoms with van der Waals surface area (Å²) < 4.78 is 0. The summed E-state index contributed by atoms with van der Waals surface area (Å²) in [4.78, 5) is 18.6. The van der Waals surface area contributed by atoms with Gasteiger partial charge in [-0.15, -0.1) is 0 Å². The fourth-order valence-electron chi connectivity index (χ4n) is 2.87. The summed E-state index contributed by atoms with van der Waals surface area (Å²) in [6, 6.07) is 8.48. The Labute approximate surface area is 139 Å². The first kappa shape index (κ1) is 17.9. The largest absolute Gasteiger partial charge is 0.395 e. The van der Waals surface area contributed by atoms with Crippen LogP contribution in [0.2, 0.25) is 0 Å². The maximum absolute atomic E-state index is 12.4. The lowest BCUT2D eigenvalue weighted by atomic mass is 10.1. The van der Waals surface area contributed by atoms with Crippen molar-refractivity contribution in [3.8, 4) is 0 Å². The number of aryl methyl sites for hydroxylation is 1. The Morgan fingerprint density at radius 2 is 1.65 bits per heavy atom. The maximum atomic E-state index is 12.4. The molecule has 0 unspecified atom stereocenters. The van der Waals surface area contributed by atoms with Gasteiger partial charge in [-0.3, -0.25) is 14.6 Å². The van der Waals surface area contributed by atoms with Gasteiger partial charge >= 0.3 is 0 Å². The number of β-amino-alcohol motifs (C(OH)–C–C–N with tert-alkyl or cyclic N) is 1. The number of rotatable bonds is 7. The summed E-state index contributed by atoms with van der Waals surface area (Å²) >= 11 is 0. The average molecular weight is 319 g/mol. The number of likely N-dealkylation sites (N-methyl/N-ethyl adjacent to an activating group) is 1. The molecule has 0 spiro atoms. The molecule has 1 aromatic rings. The van der Waals surface area contributed by atoms with E-state index in [9.17, 15) is 4.79 Å². The second-order valence-corrected chi connectivity index (χ2v) is 6.26. The Balaban J connectivity index is 1.76. The highest BCUT2D eigenvalue weighted by Gasteiger charge is 2.20. The number of carbonyl (C=O) groups is 1. The van der Waals surface area contributed by atoms with Crippen LogP contribution in [0.3, 0.4) is 0 Å². The van der Waals surface area contributed by atoms with Crippen molar-refractivity contribution in [2.75, 3.05) is 52.9 Å². The number of piperazine rings is 1. The highest BCUT2D eigenvalue weighted by atomic mass is 16.3. The Morgan fingerprint density at radius 1 is 1.09 bits per heavy atom. The van der Waals surface area contributed by atoms with E-state index in [1.165, 1.54) is 11.1 Å². The number of aliphatic hydroxyl groups excluding tert-OH is 1. The molecule has 1 fully saturated rings. The van der Waals surface area contributed by atoms with Crippen LogP contribution in [0, 0.1) is 0 Å². The normalized spacial score (nSPS) is 16.5. The summed E-state index contributed by atoms with van der Waals surface area (Å²) in [7, 11) is 1.87. The molecule has 5 nitrogen and oxygen atoms in total. The van der Waals surface area contributed by atoms with Gasteiger partial charge in [-0.2, -0.15) is 0 Å². The van der Waals surface area contributed by atoms with Crippen molar-refractivity contribution in [1.29, 1.82) is 0 Å². The Bertz CT molecular complexity index is 482. The molecule has 1 heterocycles. The van der Waals surface area contributed by atoms with E-state index in [2.05, 4.69) is 41.0 Å². The molecular weight excluding hydrogens is 290 g/mol. The maximum Gasteiger partial charge on any atom is 0.236 e. The fraction of sp³-hybridized carbons (Fsp3) is 0.611. The molecule has 1 aromatic carbocycles. The quantitative estimate of drug-likeness (QED) is 0.808. The average Bonchev–Trinajstić information content (AvgIpc) is 2.57. The SMILES string of the molecule is CCc1ccc(CN(C)C(=O)CN2CCN(CCO)CC2)cc1. The third-order valence-electron chi connectivity index (χ3n) is 4.52. The summed E-state index contributed by atoms with van der Waals surface area (Å²) in [5.74, 6) is 0.167. The van der Waals surface area contributed by atoms with Gasteiger partial charge < -0.3 is 10.0 Å². The van der Waals surface area contributed by atoms with Crippen molar-refractivity contribution in [2.45, 2.75) is 19.9 Å². The van der Waals surface area contributed by atoms with Gasteiger partial charge in [0.1, 0.15) is 0 Å². The van der Waals surface area contributed by atoms with Crippen LogP contribution in [0.15, 0.2) is 24.3 Å². The van der Waals surface area contributed by atoms with Gasteiger partial charge in [0, 0.05) is 46.3 Å². The monoisotopic (exact) mass is 319 g/mol. The Morgan fingerprint density at radius 3 is 2.22 bits per heavy atom. The van der Waals surface area contributed by atoms with Gasteiger partial charge in [-0.25, -0.2) is 0 Å². The number of hydrogen-bond donors (Lipinski definition) is 1. The zero-order valence-corrected chi connectivity index (χ0v) is 14.4. The van der Waals surface area contributed by atoms with Crippen LogP contribution in [-0.2, 0) is 17.8 Å². The van der Waals surface area contributed by atoms with E-state index in [1.807, 2.05) is 7.05 Å². The number of carbonyl (C=O) groups excluding carboxylic acids is 1. The molecule has 0 aromatic heterocycles. The van der Waals surface area contributed by atoms with Crippen molar-refractivity contribution < 1.29 is 9.90 Å². The second kappa shape index (κ2) is 9.01. The predicted molar refractivity (Wildman–Crippen MR) is 92.3 cm³/mol. The minimum absolute atomic E-state index is 0.167. The van der Waals surface area contributed by atoms with Crippen molar-refractivity contribution in [2.24, 2.45) is 0 Å². The summed E-state index contributed by atoms with van der Waals surface area (Å²) in [5, 5.41) is 8.96. The van der Waals surface area contributed by atoms with Gasteiger partial charge in [0.2, 0.25) is 5.91 Å². The van der Waals surface area contributed by atoms with Crippen LogP contribution in [-0.4, -0.2) is 78.6 Å². The van der Waals surface area contributed by atoms with Crippen molar-refractivity contribution in [3.05, 3.63) is 35.4 Å². The van der Waals surface area contributed by atoms with Crippen molar-refractivity contribution >= 4 is 5.91 Å². The van der Waals surface area contributed by atoms with Gasteiger partial charge in [0.05, 0.1) is 13.2 Å². The highest BCUT2D eigenvalue weighted by Crippen LogP contribution is 2.08. The van der Waals surface area contributed by atoms with E-state index in [4.69, 9.17) is 5.11 Å². The number of hydrogen-bond acceptors (Lipinski definition) is 4. The summed E-state index contributed by atoms with van der Waals surface area (Å²) in [6.07, 6.45) is 1.04. The number of amides is 1. The molecule has 1 N–H and O–H groups in total. The zero-order valence-electron chi connectivity index (χ0n) is 14.4. The van der Waals surface area contributed by atoms with E-state index in [0.29, 0.717) is 13.1 Å². The van der Waals surface area contributed by atoms with Crippen LogP contribution >= 0.6 is 0 Å². The first-order valence-corrected chi connectivity index (χ1v) is 8.49. The first-order valence-electron chi connectivity index (χ1n) is 8.49. The molecule has 5 heteroatoms. The third-order valence-corrected chi connectivity index (χ3v) is 4.52. The van der Waals surface area contributed by atoms with Crippen molar-refractivity contribution in [1.82, 2.24) is 14.7 Å². The molecule has 128 valence electrons. The van der Waals surface area contributed by atoms with Crippen LogP contribution in [0.5, 0.6) is 0 Å². The van der Waals surface area contributed by atoms with Crippen LogP contribution in [0.1, 0.15) is 18.1 Å². The molecule has 1 aliphatic rings. The summed E-state index contributed by atoms with van der Waals surface area (Å²) in [6.45, 7) is 7.87. The van der Waals surface area contributed by atoms with E-state index < -0.39 is 0 Å². The van der Waals surface area contributed by atoms with Gasteiger partial charge in [0.25, 0.3) is 0 Å². The molecule has 0 atom stereocenters. The second-order valence-electron chi connectivity index (χ2n) is 6.26. The molecule has 23 heavy (non-hydrogen) atoms. The fourth-order valence-corrected chi connectivity index (χ4v) is 2.87. The minimum Gasteiger partial charge on any atom is -0.395 e. The van der Waals surface area contributed by atoms with Crippen molar-refractivity contribution in [3.63, 3.8) is 0 Å². The van der Waals surface area contributed by atoms with E-state index in [0.717, 1.165) is 39.1 Å². The van der Waals surface area contributed by atoms with Gasteiger partial charge in [-0.05, 0) is 17.5 Å². The van der Waals surface area contributed by atoms with Gasteiger partial charge in [-0.1, -0.05) is 31.2 Å². The molecule has 0 radical (unpaired) electrons. The molecule has 0 saturated carbocycles. The van der Waals surface area contributed by atoms with Gasteiger partial charge in [0.15, 0.2) is 0 Å². The minimum atomic E-state index is 0.167. The molecule has 1 amide bonds. The lowest BCUT2D eigenvalue weighted by molar-refractivity contribution is -0.132. The number of nitrogens with zero attached hydrogens (tertiary/aromatic N) is 3. The van der Waals surface area contributed by atoms with E-state index in [1.54, 1.807) is 4.90 Å². The zero-order chi connectivity index (χ0) is 16.7. The molecule has 0 bridgehead atoms. The summed E-state index contributed by atoms with van der Waals surface area (Å²) in [5.41, 5.74) is 2.49. The lowest BCUT2D eigenvalue weighted by Gasteiger charge is -2.34. The van der Waals surface area contributed by atoms with Crippen LogP contribution in [0.25, 0.3) is 0 Å². The predicted octanol–water partition coefficient (Wildman–Crippen LogP) is 0.817. The number of aliphatic hydroxyl groups is 1. The molecule has 1 saturated heterocycles. The van der Waals surface area contributed by atoms with E-state index >= 15 is 0 Å². The molecule has 2 rings (SSSR count). The lowest BCUT2D eigenvalue weighted by Crippen LogP contribution is -2.50. The third kappa shape index (κ3) is 5.61. The molecule has 1 aliphatic heterocycles. The van der Waals surface area contributed by atoms with Crippen LogP contribution < -0.4 is 0 Å². The van der Waals surface area contributed by atoms with E-state index in [-0.39, 0.29) is 12.5 Å².